The van der Waals surface area contributed by atoms with E-state index in [1.165, 1.54) is 24.5 Å². The zero-order valence-corrected chi connectivity index (χ0v) is 16.6. The van der Waals surface area contributed by atoms with Gasteiger partial charge in [0, 0.05) is 30.2 Å². The molecule has 0 radical (unpaired) electrons. The molecular weight excluding hydrogens is 404 g/mol. The minimum Gasteiger partial charge on any atom is -0.459 e. The fourth-order valence-corrected chi connectivity index (χ4v) is 4.30. The number of amides is 1. The summed E-state index contributed by atoms with van der Waals surface area (Å²) in [5, 5.41) is 6.96. The second-order valence-corrected chi connectivity index (χ2v) is 8.54. The van der Waals surface area contributed by atoms with Crippen LogP contribution in [0.25, 0.3) is 0 Å². The molecule has 4 aromatic rings. The van der Waals surface area contributed by atoms with Crippen LogP contribution in [-0.4, -0.2) is 29.1 Å². The fraction of sp³-hybridized carbons (Fsp3) is 0.0952. The van der Waals surface area contributed by atoms with Crippen molar-refractivity contribution in [3.05, 3.63) is 96.3 Å². The van der Waals surface area contributed by atoms with E-state index in [1.807, 2.05) is 12.1 Å². The zero-order chi connectivity index (χ0) is 21.0. The van der Waals surface area contributed by atoms with Crippen molar-refractivity contribution >= 4 is 21.6 Å². The highest BCUT2D eigenvalue weighted by Gasteiger charge is 2.23. The summed E-state index contributed by atoms with van der Waals surface area (Å²) in [6.07, 6.45) is 6.43. The number of nitrogens with one attached hydrogen (secondary N) is 1. The molecule has 1 aromatic carbocycles. The van der Waals surface area contributed by atoms with Gasteiger partial charge in [0.15, 0.2) is 21.4 Å². The number of sulfone groups is 1. The van der Waals surface area contributed by atoms with Crippen molar-refractivity contribution in [1.29, 1.82) is 0 Å². The van der Waals surface area contributed by atoms with Crippen LogP contribution in [0, 0.1) is 0 Å². The molecule has 0 unspecified atom stereocenters. The van der Waals surface area contributed by atoms with Gasteiger partial charge in [0.2, 0.25) is 0 Å². The van der Waals surface area contributed by atoms with Gasteiger partial charge in [-0.25, -0.2) is 8.42 Å². The van der Waals surface area contributed by atoms with Crippen molar-refractivity contribution in [3.63, 3.8) is 0 Å². The van der Waals surface area contributed by atoms with Gasteiger partial charge in [-0.15, -0.1) is 0 Å². The number of benzene rings is 1. The van der Waals surface area contributed by atoms with Crippen molar-refractivity contribution in [3.8, 4) is 0 Å². The zero-order valence-electron chi connectivity index (χ0n) is 15.8. The number of hydrogen-bond acceptors (Lipinski definition) is 6. The highest BCUT2D eigenvalue weighted by Crippen LogP contribution is 2.21. The quantitative estimate of drug-likeness (QED) is 0.490. The summed E-state index contributed by atoms with van der Waals surface area (Å²) in [6, 6.07) is 15.0. The summed E-state index contributed by atoms with van der Waals surface area (Å²) in [5.74, 6) is -0.625. The lowest BCUT2D eigenvalue weighted by molar-refractivity contribution is 0.0995. The molecule has 0 saturated carbocycles. The maximum absolute atomic E-state index is 12.6. The van der Waals surface area contributed by atoms with Gasteiger partial charge in [0.05, 0.1) is 23.5 Å². The maximum Gasteiger partial charge on any atom is 0.292 e. The van der Waals surface area contributed by atoms with Crippen LogP contribution < -0.4 is 5.32 Å². The van der Waals surface area contributed by atoms with E-state index >= 15 is 0 Å². The SMILES string of the molecule is O=C(Nc1ccn(Cc2ccncc2)n1)c1occc1CS(=O)(=O)c1ccccc1. The molecular formula is C21H18N4O4S. The Morgan fingerprint density at radius 2 is 1.80 bits per heavy atom. The molecule has 0 saturated heterocycles. The highest BCUT2D eigenvalue weighted by atomic mass is 32.2. The van der Waals surface area contributed by atoms with Crippen molar-refractivity contribution in [2.24, 2.45) is 0 Å². The van der Waals surface area contributed by atoms with Gasteiger partial charge in [0.1, 0.15) is 0 Å². The normalized spacial score (nSPS) is 11.3. The Labute approximate surface area is 173 Å². The predicted octanol–water partition coefficient (Wildman–Crippen LogP) is 3.15. The minimum absolute atomic E-state index is 0.0572. The van der Waals surface area contributed by atoms with Crippen molar-refractivity contribution in [2.45, 2.75) is 17.2 Å². The Morgan fingerprint density at radius 1 is 1.03 bits per heavy atom. The van der Waals surface area contributed by atoms with Crippen LogP contribution in [0.1, 0.15) is 21.7 Å². The molecule has 9 heteroatoms. The molecule has 3 heterocycles. The summed E-state index contributed by atoms with van der Waals surface area (Å²) in [6.45, 7) is 0.527. The third kappa shape index (κ3) is 4.47. The van der Waals surface area contributed by atoms with E-state index in [0.29, 0.717) is 12.4 Å². The van der Waals surface area contributed by atoms with E-state index in [2.05, 4.69) is 15.4 Å². The van der Waals surface area contributed by atoms with Crippen molar-refractivity contribution < 1.29 is 17.6 Å². The standard InChI is InChI=1S/C21H18N4O4S/c26-21(23-19-8-12-25(24-19)14-16-6-10-22-11-7-16)20-17(9-13-29-20)15-30(27,28)18-4-2-1-3-5-18/h1-13H,14-15H2,(H,23,24,26). The number of pyridine rings is 1. The molecule has 8 nitrogen and oxygen atoms in total. The number of hydrogen-bond donors (Lipinski definition) is 1. The molecule has 0 fully saturated rings. The molecule has 30 heavy (non-hydrogen) atoms. The van der Waals surface area contributed by atoms with Gasteiger partial charge in [-0.3, -0.25) is 14.5 Å². The topological polar surface area (TPSA) is 107 Å². The van der Waals surface area contributed by atoms with E-state index in [-0.39, 0.29) is 22.0 Å². The van der Waals surface area contributed by atoms with Gasteiger partial charge >= 0.3 is 0 Å². The molecule has 3 aromatic heterocycles. The number of carbonyl (C=O) groups is 1. The monoisotopic (exact) mass is 422 g/mol. The summed E-state index contributed by atoms with van der Waals surface area (Å²) < 4.78 is 32.2. The number of furan rings is 1. The Kier molecular flexibility index (Phi) is 5.44. The third-order valence-electron chi connectivity index (χ3n) is 4.38. The Bertz CT molecular complexity index is 1250. The summed E-state index contributed by atoms with van der Waals surface area (Å²) in [7, 11) is -3.61. The van der Waals surface area contributed by atoms with Gasteiger partial charge in [-0.05, 0) is 35.9 Å². The van der Waals surface area contributed by atoms with Crippen LogP contribution in [0.3, 0.4) is 0 Å². The van der Waals surface area contributed by atoms with Crippen molar-refractivity contribution in [2.75, 3.05) is 5.32 Å². The molecule has 152 valence electrons. The van der Waals surface area contributed by atoms with E-state index < -0.39 is 15.7 Å². The van der Waals surface area contributed by atoms with Gasteiger partial charge < -0.3 is 9.73 Å². The van der Waals surface area contributed by atoms with E-state index in [4.69, 9.17) is 4.42 Å². The molecule has 0 aliphatic rings. The molecule has 4 rings (SSSR count). The number of rotatable bonds is 7. The lowest BCUT2D eigenvalue weighted by Crippen LogP contribution is -2.15. The number of aromatic nitrogens is 3. The summed E-state index contributed by atoms with van der Waals surface area (Å²) >= 11 is 0. The van der Waals surface area contributed by atoms with Gasteiger partial charge in [-0.1, -0.05) is 18.2 Å². The minimum atomic E-state index is -3.61. The first-order valence-corrected chi connectivity index (χ1v) is 10.7. The summed E-state index contributed by atoms with van der Waals surface area (Å²) in [5.41, 5.74) is 1.30. The average Bonchev–Trinajstić information content (AvgIpc) is 3.38. The van der Waals surface area contributed by atoms with Gasteiger partial charge in [0.25, 0.3) is 5.91 Å². The highest BCUT2D eigenvalue weighted by molar-refractivity contribution is 7.90. The molecule has 0 bridgehead atoms. The van der Waals surface area contributed by atoms with E-state index in [9.17, 15) is 13.2 Å². The van der Waals surface area contributed by atoms with Crippen LogP contribution in [-0.2, 0) is 22.1 Å². The first-order valence-electron chi connectivity index (χ1n) is 9.09. The van der Waals surface area contributed by atoms with Crippen LogP contribution in [0.15, 0.2) is 88.8 Å². The Morgan fingerprint density at radius 3 is 2.57 bits per heavy atom. The van der Waals surface area contributed by atoms with Gasteiger partial charge in [-0.2, -0.15) is 5.10 Å². The lowest BCUT2D eigenvalue weighted by atomic mass is 10.2. The smallest absolute Gasteiger partial charge is 0.292 e. The third-order valence-corrected chi connectivity index (χ3v) is 6.06. The van der Waals surface area contributed by atoms with Crippen LogP contribution in [0.2, 0.25) is 0 Å². The Balaban J connectivity index is 1.46. The first kappa shape index (κ1) is 19.6. The lowest BCUT2D eigenvalue weighted by Gasteiger charge is -2.05. The molecule has 1 amide bonds. The van der Waals surface area contributed by atoms with E-state index in [0.717, 1.165) is 5.56 Å². The van der Waals surface area contributed by atoms with Crippen LogP contribution in [0.5, 0.6) is 0 Å². The molecule has 0 aliphatic carbocycles. The number of nitrogens with zero attached hydrogens (tertiary/aromatic N) is 3. The summed E-state index contributed by atoms with van der Waals surface area (Å²) in [4.78, 5) is 16.8. The second kappa shape index (κ2) is 8.34. The fourth-order valence-electron chi connectivity index (χ4n) is 2.93. The largest absolute Gasteiger partial charge is 0.459 e. The van der Waals surface area contributed by atoms with Crippen LogP contribution >= 0.6 is 0 Å². The second-order valence-electron chi connectivity index (χ2n) is 6.56. The van der Waals surface area contributed by atoms with Crippen LogP contribution in [0.4, 0.5) is 5.82 Å². The molecule has 0 spiro atoms. The van der Waals surface area contributed by atoms with E-state index in [1.54, 1.807) is 47.5 Å². The first-order chi connectivity index (χ1) is 14.5. The number of carbonyl (C=O) groups excluding carboxylic acids is 1. The molecule has 0 aliphatic heterocycles. The average molecular weight is 422 g/mol. The molecule has 0 atom stereocenters. The molecule has 1 N–H and O–H groups in total. The number of anilines is 1. The maximum atomic E-state index is 12.6. The van der Waals surface area contributed by atoms with Crippen molar-refractivity contribution in [1.82, 2.24) is 14.8 Å². The Hall–Kier alpha value is -3.72. The predicted molar refractivity (Wildman–Crippen MR) is 110 cm³/mol.